The maximum Gasteiger partial charge on any atom is 0.276 e. The van der Waals surface area contributed by atoms with Gasteiger partial charge in [0.05, 0.1) is 5.69 Å². The van der Waals surface area contributed by atoms with Crippen LogP contribution in [0.25, 0.3) is 11.3 Å². The molecule has 0 aliphatic carbocycles. The van der Waals surface area contributed by atoms with Crippen LogP contribution in [0.15, 0.2) is 42.5 Å². The highest BCUT2D eigenvalue weighted by molar-refractivity contribution is 6.05. The van der Waals surface area contributed by atoms with Crippen LogP contribution in [0.2, 0.25) is 0 Å². The van der Waals surface area contributed by atoms with Crippen molar-refractivity contribution in [3.8, 4) is 17.0 Å². The van der Waals surface area contributed by atoms with E-state index in [0.29, 0.717) is 12.3 Å². The zero-order chi connectivity index (χ0) is 17.6. The average molecular weight is 333 g/mol. The lowest BCUT2D eigenvalue weighted by Gasteiger charge is -2.18. The summed E-state index contributed by atoms with van der Waals surface area (Å²) in [6.45, 7) is 4.36. The van der Waals surface area contributed by atoms with E-state index in [2.05, 4.69) is 16.5 Å². The molecule has 0 bridgehead atoms. The molecule has 5 nitrogen and oxygen atoms in total. The monoisotopic (exact) mass is 333 g/mol. The fraction of sp³-hybridized carbons (Fsp3) is 0.200. The standard InChI is InChI=1S/C20H19N3O2/c1-12-8-13(2)10-14(9-12)21-20(24)18-16-11-25-17-7-5-4-6-15(17)19(16)23(3)22-18/h4-10H,11H2,1-3H3,(H,21,24). The third kappa shape index (κ3) is 2.67. The Morgan fingerprint density at radius 2 is 1.88 bits per heavy atom. The SMILES string of the molecule is Cc1cc(C)cc(NC(=O)c2nn(C)c3c2COc2ccccc2-3)c1. The van der Waals surface area contributed by atoms with Crippen LogP contribution in [0.5, 0.6) is 5.75 Å². The number of anilines is 1. The fourth-order valence-corrected chi connectivity index (χ4v) is 3.40. The van der Waals surface area contributed by atoms with Crippen LogP contribution < -0.4 is 10.1 Å². The van der Waals surface area contributed by atoms with E-state index < -0.39 is 0 Å². The van der Waals surface area contributed by atoms with Crippen LogP contribution in [-0.4, -0.2) is 15.7 Å². The molecule has 3 aromatic rings. The normalized spacial score (nSPS) is 12.1. The number of carbonyl (C=O) groups excluding carboxylic acids is 1. The quantitative estimate of drug-likeness (QED) is 0.775. The van der Waals surface area contributed by atoms with Gasteiger partial charge in [0.1, 0.15) is 12.4 Å². The molecule has 0 unspecified atom stereocenters. The highest BCUT2D eigenvalue weighted by Crippen LogP contribution is 2.38. The van der Waals surface area contributed by atoms with Crippen molar-refractivity contribution in [3.05, 3.63) is 64.8 Å². The molecule has 0 saturated heterocycles. The van der Waals surface area contributed by atoms with Gasteiger partial charge in [-0.3, -0.25) is 9.48 Å². The van der Waals surface area contributed by atoms with E-state index >= 15 is 0 Å². The first-order valence-electron chi connectivity index (χ1n) is 8.20. The number of aryl methyl sites for hydroxylation is 3. The van der Waals surface area contributed by atoms with Gasteiger partial charge < -0.3 is 10.1 Å². The van der Waals surface area contributed by atoms with Gasteiger partial charge in [-0.25, -0.2) is 0 Å². The Morgan fingerprint density at radius 1 is 1.16 bits per heavy atom. The summed E-state index contributed by atoms with van der Waals surface area (Å²) < 4.78 is 7.57. The number of carbonyl (C=O) groups is 1. The molecule has 1 aromatic heterocycles. The molecule has 2 heterocycles. The molecule has 25 heavy (non-hydrogen) atoms. The molecule has 4 rings (SSSR count). The molecule has 2 aromatic carbocycles. The van der Waals surface area contributed by atoms with Gasteiger partial charge in [0.2, 0.25) is 0 Å². The van der Waals surface area contributed by atoms with Crippen molar-refractivity contribution in [2.75, 3.05) is 5.32 Å². The summed E-state index contributed by atoms with van der Waals surface area (Å²) in [5.41, 5.74) is 6.12. The second-order valence-electron chi connectivity index (χ2n) is 6.41. The number of hydrogen-bond donors (Lipinski definition) is 1. The van der Waals surface area contributed by atoms with Crippen molar-refractivity contribution in [1.82, 2.24) is 9.78 Å². The largest absolute Gasteiger partial charge is 0.488 e. The Hall–Kier alpha value is -3.08. The number of para-hydroxylation sites is 1. The van der Waals surface area contributed by atoms with E-state index in [4.69, 9.17) is 4.74 Å². The van der Waals surface area contributed by atoms with Crippen LogP contribution in [-0.2, 0) is 13.7 Å². The Labute approximate surface area is 146 Å². The number of fused-ring (bicyclic) bond motifs is 3. The highest BCUT2D eigenvalue weighted by Gasteiger charge is 2.28. The first-order chi connectivity index (χ1) is 12.0. The number of nitrogens with one attached hydrogen (secondary N) is 1. The molecule has 0 atom stereocenters. The fourth-order valence-electron chi connectivity index (χ4n) is 3.40. The maximum absolute atomic E-state index is 12.8. The summed E-state index contributed by atoms with van der Waals surface area (Å²) in [7, 11) is 1.86. The lowest BCUT2D eigenvalue weighted by molar-refractivity contribution is 0.101. The lowest BCUT2D eigenvalue weighted by atomic mass is 10.0. The molecule has 1 aliphatic heterocycles. The minimum absolute atomic E-state index is 0.218. The number of amides is 1. The van der Waals surface area contributed by atoms with Gasteiger partial charge in [-0.1, -0.05) is 18.2 Å². The zero-order valence-corrected chi connectivity index (χ0v) is 14.5. The molecule has 0 saturated carbocycles. The van der Waals surface area contributed by atoms with Gasteiger partial charge >= 0.3 is 0 Å². The Kier molecular flexibility index (Phi) is 3.57. The lowest BCUT2D eigenvalue weighted by Crippen LogP contribution is -2.16. The summed E-state index contributed by atoms with van der Waals surface area (Å²) >= 11 is 0. The molecule has 1 N–H and O–H groups in total. The van der Waals surface area contributed by atoms with Gasteiger partial charge in [-0.05, 0) is 49.2 Å². The number of benzene rings is 2. The second kappa shape index (κ2) is 5.77. The van der Waals surface area contributed by atoms with Gasteiger partial charge in [0, 0.05) is 23.9 Å². The number of rotatable bonds is 2. The van der Waals surface area contributed by atoms with Crippen molar-refractivity contribution in [1.29, 1.82) is 0 Å². The minimum Gasteiger partial charge on any atom is -0.488 e. The zero-order valence-electron chi connectivity index (χ0n) is 14.5. The van der Waals surface area contributed by atoms with E-state index in [1.54, 1.807) is 4.68 Å². The van der Waals surface area contributed by atoms with E-state index in [0.717, 1.165) is 39.4 Å². The maximum atomic E-state index is 12.8. The molecule has 0 spiro atoms. The van der Waals surface area contributed by atoms with Crippen LogP contribution in [0.3, 0.4) is 0 Å². The van der Waals surface area contributed by atoms with Gasteiger partial charge in [-0.15, -0.1) is 0 Å². The van der Waals surface area contributed by atoms with E-state index in [1.807, 2.05) is 57.3 Å². The van der Waals surface area contributed by atoms with E-state index in [-0.39, 0.29) is 5.91 Å². The summed E-state index contributed by atoms with van der Waals surface area (Å²) in [5.74, 6) is 0.601. The molecule has 0 radical (unpaired) electrons. The van der Waals surface area contributed by atoms with Crippen molar-refractivity contribution in [2.45, 2.75) is 20.5 Å². The number of hydrogen-bond acceptors (Lipinski definition) is 3. The highest BCUT2D eigenvalue weighted by atomic mass is 16.5. The predicted molar refractivity (Wildman–Crippen MR) is 96.8 cm³/mol. The van der Waals surface area contributed by atoms with Crippen LogP contribution in [0.1, 0.15) is 27.2 Å². The smallest absolute Gasteiger partial charge is 0.276 e. The molecule has 0 fully saturated rings. The first-order valence-corrected chi connectivity index (χ1v) is 8.20. The van der Waals surface area contributed by atoms with Gasteiger partial charge in [-0.2, -0.15) is 5.10 Å². The summed E-state index contributed by atoms with van der Waals surface area (Å²) in [5, 5.41) is 7.41. The van der Waals surface area contributed by atoms with Gasteiger partial charge in [0.25, 0.3) is 5.91 Å². The predicted octanol–water partition coefficient (Wildman–Crippen LogP) is 3.85. The molecule has 5 heteroatoms. The average Bonchev–Trinajstić information content (AvgIpc) is 2.91. The topological polar surface area (TPSA) is 56.2 Å². The minimum atomic E-state index is -0.218. The number of aromatic nitrogens is 2. The molecule has 1 aliphatic rings. The number of ether oxygens (including phenoxy) is 1. The van der Waals surface area contributed by atoms with Crippen molar-refractivity contribution in [3.63, 3.8) is 0 Å². The Balaban J connectivity index is 1.72. The summed E-state index contributed by atoms with van der Waals surface area (Å²) in [6.07, 6.45) is 0. The summed E-state index contributed by atoms with van der Waals surface area (Å²) in [6, 6.07) is 13.8. The van der Waals surface area contributed by atoms with Crippen molar-refractivity contribution in [2.24, 2.45) is 7.05 Å². The van der Waals surface area contributed by atoms with Gasteiger partial charge in [0.15, 0.2) is 5.69 Å². The van der Waals surface area contributed by atoms with Crippen LogP contribution in [0.4, 0.5) is 5.69 Å². The van der Waals surface area contributed by atoms with E-state index in [9.17, 15) is 4.79 Å². The Bertz CT molecular complexity index is 968. The van der Waals surface area contributed by atoms with Crippen molar-refractivity contribution < 1.29 is 9.53 Å². The molecule has 1 amide bonds. The van der Waals surface area contributed by atoms with Crippen LogP contribution >= 0.6 is 0 Å². The molecule has 126 valence electrons. The second-order valence-corrected chi connectivity index (χ2v) is 6.41. The number of nitrogens with zero attached hydrogens (tertiary/aromatic N) is 2. The van der Waals surface area contributed by atoms with Crippen LogP contribution in [0, 0.1) is 13.8 Å². The molecular weight excluding hydrogens is 314 g/mol. The Morgan fingerprint density at radius 3 is 2.64 bits per heavy atom. The first kappa shape index (κ1) is 15.4. The third-order valence-corrected chi connectivity index (χ3v) is 4.35. The molecular formula is C20H19N3O2. The van der Waals surface area contributed by atoms with Crippen molar-refractivity contribution >= 4 is 11.6 Å². The van der Waals surface area contributed by atoms with E-state index in [1.165, 1.54) is 0 Å². The third-order valence-electron chi connectivity index (χ3n) is 4.35. The summed E-state index contributed by atoms with van der Waals surface area (Å²) in [4.78, 5) is 12.8.